The van der Waals surface area contributed by atoms with E-state index in [0.717, 1.165) is 11.1 Å². The maximum absolute atomic E-state index is 11.4. The van der Waals surface area contributed by atoms with Gasteiger partial charge in [-0.15, -0.1) is 0 Å². The second-order valence-electron chi connectivity index (χ2n) is 4.07. The lowest BCUT2D eigenvalue weighted by molar-refractivity contribution is -0.115. The van der Waals surface area contributed by atoms with Gasteiger partial charge in [-0.25, -0.2) is 0 Å². The first-order valence-electron chi connectivity index (χ1n) is 5.49. The first-order valence-corrected chi connectivity index (χ1v) is 5.49. The van der Waals surface area contributed by atoms with Crippen molar-refractivity contribution in [3.05, 3.63) is 23.3 Å². The van der Waals surface area contributed by atoms with Crippen molar-refractivity contribution >= 4 is 23.2 Å². The number of rotatable bonds is 3. The minimum Gasteiger partial charge on any atom is -0.324 e. The number of carbonyl (C=O) groups excluding carboxylic acids is 2. The van der Waals surface area contributed by atoms with Crippen LogP contribution in [0.25, 0.3) is 0 Å². The number of nitrogens with zero attached hydrogens (tertiary/aromatic N) is 1. The van der Waals surface area contributed by atoms with Gasteiger partial charge in [0.2, 0.25) is 11.8 Å². The van der Waals surface area contributed by atoms with Crippen LogP contribution in [0.3, 0.4) is 0 Å². The van der Waals surface area contributed by atoms with E-state index in [9.17, 15) is 9.59 Å². The van der Waals surface area contributed by atoms with Crippen LogP contribution in [0.1, 0.15) is 24.5 Å². The Hall–Kier alpha value is -2.35. The van der Waals surface area contributed by atoms with Gasteiger partial charge in [0.1, 0.15) is 6.42 Å². The fourth-order valence-corrected chi connectivity index (χ4v) is 1.67. The number of hydrogen-bond donors (Lipinski definition) is 2. The van der Waals surface area contributed by atoms with Crippen molar-refractivity contribution < 1.29 is 9.59 Å². The number of amides is 2. The number of benzene rings is 1. The zero-order valence-corrected chi connectivity index (χ0v) is 10.6. The van der Waals surface area contributed by atoms with Gasteiger partial charge in [0.05, 0.1) is 17.4 Å². The fourth-order valence-electron chi connectivity index (χ4n) is 1.67. The minimum absolute atomic E-state index is 0.210. The van der Waals surface area contributed by atoms with Crippen molar-refractivity contribution in [3.8, 4) is 6.07 Å². The van der Waals surface area contributed by atoms with Crippen LogP contribution in [-0.4, -0.2) is 11.8 Å². The molecule has 5 nitrogen and oxygen atoms in total. The second-order valence-corrected chi connectivity index (χ2v) is 4.07. The molecule has 1 aromatic rings. The summed E-state index contributed by atoms with van der Waals surface area (Å²) >= 11 is 0. The summed E-state index contributed by atoms with van der Waals surface area (Å²) in [5.41, 5.74) is 2.91. The molecule has 94 valence electrons. The normalized spacial score (nSPS) is 9.44. The number of hydrogen-bond acceptors (Lipinski definition) is 3. The lowest BCUT2D eigenvalue weighted by atomic mass is 10.1. The molecule has 0 heterocycles. The smallest absolute Gasteiger partial charge is 0.238 e. The topological polar surface area (TPSA) is 82.0 Å². The molecule has 0 fully saturated rings. The Balaban J connectivity index is 3.11. The lowest BCUT2D eigenvalue weighted by Gasteiger charge is -2.14. The van der Waals surface area contributed by atoms with E-state index in [1.807, 2.05) is 19.9 Å². The molecule has 0 aromatic heterocycles. The van der Waals surface area contributed by atoms with Crippen LogP contribution >= 0.6 is 0 Å². The summed E-state index contributed by atoms with van der Waals surface area (Å²) in [5.74, 6) is -0.605. The summed E-state index contributed by atoms with van der Waals surface area (Å²) in [6.45, 7) is 5.14. The lowest BCUT2D eigenvalue weighted by Crippen LogP contribution is -2.15. The highest BCUT2D eigenvalue weighted by Crippen LogP contribution is 2.27. The van der Waals surface area contributed by atoms with E-state index in [0.29, 0.717) is 11.4 Å². The Morgan fingerprint density at radius 3 is 2.50 bits per heavy atom. The summed E-state index contributed by atoms with van der Waals surface area (Å²) < 4.78 is 0. The van der Waals surface area contributed by atoms with E-state index in [1.165, 1.54) is 6.92 Å². The number of nitriles is 1. The predicted octanol–water partition coefficient (Wildman–Crippen LogP) is 2.11. The Labute approximate surface area is 106 Å². The van der Waals surface area contributed by atoms with Gasteiger partial charge in [0, 0.05) is 6.92 Å². The molecular formula is C13H15N3O2. The van der Waals surface area contributed by atoms with Crippen molar-refractivity contribution in [2.24, 2.45) is 0 Å². The summed E-state index contributed by atoms with van der Waals surface area (Å²) in [4.78, 5) is 22.6. The third kappa shape index (κ3) is 3.59. The molecule has 1 rings (SSSR count). The monoisotopic (exact) mass is 245 g/mol. The minimum atomic E-state index is -0.394. The Morgan fingerprint density at radius 1 is 1.28 bits per heavy atom. The summed E-state index contributed by atoms with van der Waals surface area (Å²) in [6.07, 6.45) is -0.216. The van der Waals surface area contributed by atoms with E-state index in [4.69, 9.17) is 5.26 Å². The highest BCUT2D eigenvalue weighted by atomic mass is 16.2. The maximum Gasteiger partial charge on any atom is 0.238 e. The first kappa shape index (κ1) is 13.7. The molecule has 0 spiro atoms. The van der Waals surface area contributed by atoms with Crippen LogP contribution in [0.15, 0.2) is 12.1 Å². The van der Waals surface area contributed by atoms with E-state index >= 15 is 0 Å². The van der Waals surface area contributed by atoms with Gasteiger partial charge in [0.15, 0.2) is 0 Å². The molecule has 2 amide bonds. The van der Waals surface area contributed by atoms with Crippen molar-refractivity contribution in [1.29, 1.82) is 5.26 Å². The van der Waals surface area contributed by atoms with Crippen molar-refractivity contribution in [1.82, 2.24) is 0 Å². The molecule has 0 aliphatic heterocycles. The van der Waals surface area contributed by atoms with Crippen molar-refractivity contribution in [2.45, 2.75) is 27.2 Å². The third-order valence-corrected chi connectivity index (χ3v) is 2.29. The van der Waals surface area contributed by atoms with Crippen LogP contribution in [0.4, 0.5) is 11.4 Å². The van der Waals surface area contributed by atoms with Gasteiger partial charge in [-0.2, -0.15) is 5.26 Å². The summed E-state index contributed by atoms with van der Waals surface area (Å²) in [6, 6.07) is 5.44. The maximum atomic E-state index is 11.4. The third-order valence-electron chi connectivity index (χ3n) is 2.29. The van der Waals surface area contributed by atoms with Gasteiger partial charge < -0.3 is 10.6 Å². The van der Waals surface area contributed by atoms with Crippen LogP contribution in [0.5, 0.6) is 0 Å². The molecule has 0 bridgehead atoms. The van der Waals surface area contributed by atoms with Crippen LogP contribution in [0.2, 0.25) is 0 Å². The number of nitrogens with one attached hydrogen (secondary N) is 2. The molecule has 0 saturated heterocycles. The highest BCUT2D eigenvalue weighted by Gasteiger charge is 2.11. The molecule has 0 aliphatic carbocycles. The molecule has 18 heavy (non-hydrogen) atoms. The Morgan fingerprint density at radius 2 is 1.94 bits per heavy atom. The number of aryl methyl sites for hydroxylation is 2. The quantitative estimate of drug-likeness (QED) is 0.855. The molecule has 0 aliphatic rings. The number of anilines is 2. The summed E-state index contributed by atoms with van der Waals surface area (Å²) in [7, 11) is 0. The van der Waals surface area contributed by atoms with Gasteiger partial charge in [-0.05, 0) is 31.0 Å². The van der Waals surface area contributed by atoms with Crippen LogP contribution < -0.4 is 10.6 Å². The predicted molar refractivity (Wildman–Crippen MR) is 69.1 cm³/mol. The number of carbonyl (C=O) groups is 2. The van der Waals surface area contributed by atoms with E-state index in [-0.39, 0.29) is 12.3 Å². The van der Waals surface area contributed by atoms with E-state index < -0.39 is 5.91 Å². The molecule has 0 atom stereocenters. The molecule has 5 heteroatoms. The van der Waals surface area contributed by atoms with Crippen molar-refractivity contribution in [3.63, 3.8) is 0 Å². The van der Waals surface area contributed by atoms with Gasteiger partial charge >= 0.3 is 0 Å². The van der Waals surface area contributed by atoms with Crippen LogP contribution in [-0.2, 0) is 9.59 Å². The first-order chi connectivity index (χ1) is 8.43. The van der Waals surface area contributed by atoms with Crippen LogP contribution in [0, 0.1) is 25.2 Å². The average molecular weight is 245 g/mol. The molecule has 0 unspecified atom stereocenters. The van der Waals surface area contributed by atoms with E-state index in [1.54, 1.807) is 12.1 Å². The SMILES string of the molecule is CC(=O)Nc1c(C)cc(C)cc1NC(=O)CC#N. The summed E-state index contributed by atoms with van der Waals surface area (Å²) in [5, 5.41) is 13.8. The molecule has 0 radical (unpaired) electrons. The fraction of sp³-hybridized carbons (Fsp3) is 0.308. The van der Waals surface area contributed by atoms with Gasteiger partial charge in [-0.1, -0.05) is 6.07 Å². The van der Waals surface area contributed by atoms with Gasteiger partial charge in [0.25, 0.3) is 0 Å². The zero-order valence-electron chi connectivity index (χ0n) is 10.6. The standard InChI is InChI=1S/C13H15N3O2/c1-8-6-9(2)13(15-10(3)17)11(7-8)16-12(18)4-5-14/h6-7H,4H2,1-3H3,(H,15,17)(H,16,18). The molecular weight excluding hydrogens is 230 g/mol. The highest BCUT2D eigenvalue weighted by molar-refractivity contribution is 6.00. The molecule has 2 N–H and O–H groups in total. The largest absolute Gasteiger partial charge is 0.324 e. The zero-order chi connectivity index (χ0) is 13.7. The van der Waals surface area contributed by atoms with Crippen molar-refractivity contribution in [2.75, 3.05) is 10.6 Å². The second kappa shape index (κ2) is 5.82. The average Bonchev–Trinajstić information content (AvgIpc) is 2.23. The molecule has 0 saturated carbocycles. The van der Waals surface area contributed by atoms with Gasteiger partial charge in [-0.3, -0.25) is 9.59 Å². The molecule has 1 aromatic carbocycles. The van der Waals surface area contributed by atoms with E-state index in [2.05, 4.69) is 10.6 Å². The Kier molecular flexibility index (Phi) is 4.44. The Bertz CT molecular complexity index is 530.